The molecule has 0 spiro atoms. The van der Waals surface area contributed by atoms with E-state index in [4.69, 9.17) is 5.26 Å². The Bertz CT molecular complexity index is 552. The summed E-state index contributed by atoms with van der Waals surface area (Å²) >= 11 is 1.50. The minimum Gasteiger partial charge on any atom is -0.274 e. The molecule has 1 aromatic carbocycles. The second-order valence-corrected chi connectivity index (χ2v) is 4.39. The number of amides is 1. The zero-order chi connectivity index (χ0) is 12.3. The van der Waals surface area contributed by atoms with Gasteiger partial charge >= 0.3 is 0 Å². The van der Waals surface area contributed by atoms with Gasteiger partial charge in [-0.05, 0) is 41.8 Å². The van der Waals surface area contributed by atoms with E-state index in [-0.39, 0.29) is 5.91 Å². The lowest BCUT2D eigenvalue weighted by Gasteiger charge is -2.19. The molecule has 1 aromatic heterocycles. The van der Waals surface area contributed by atoms with Crippen molar-refractivity contribution in [3.05, 3.63) is 47.3 Å². The number of anilines is 2. The van der Waals surface area contributed by atoms with Gasteiger partial charge in [-0.15, -0.1) is 11.3 Å². The predicted molar refractivity (Wildman–Crippen MR) is 68.3 cm³/mol. The lowest BCUT2D eigenvalue weighted by molar-refractivity contribution is -0.115. The number of nitriles is 1. The van der Waals surface area contributed by atoms with Crippen molar-refractivity contribution in [3.63, 3.8) is 0 Å². The van der Waals surface area contributed by atoms with Gasteiger partial charge in [0.15, 0.2) is 0 Å². The Labute approximate surface area is 104 Å². The quantitative estimate of drug-likeness (QED) is 0.811. The van der Waals surface area contributed by atoms with E-state index in [9.17, 15) is 4.79 Å². The molecule has 1 amide bonds. The summed E-state index contributed by atoms with van der Waals surface area (Å²) in [7, 11) is 0. The number of carbonyl (C=O) groups is 1. The third kappa shape index (κ3) is 2.35. The van der Waals surface area contributed by atoms with Gasteiger partial charge in [-0.25, -0.2) is 0 Å². The Morgan fingerprint density at radius 1 is 1.29 bits per heavy atom. The van der Waals surface area contributed by atoms with Crippen LogP contribution in [0.4, 0.5) is 10.7 Å². The summed E-state index contributed by atoms with van der Waals surface area (Å²) < 4.78 is 0. The Hall–Kier alpha value is -2.12. The van der Waals surface area contributed by atoms with E-state index in [1.807, 2.05) is 17.5 Å². The lowest BCUT2D eigenvalue weighted by Crippen LogP contribution is -2.21. The van der Waals surface area contributed by atoms with Crippen LogP contribution in [0, 0.1) is 11.3 Å². The van der Waals surface area contributed by atoms with Crippen molar-refractivity contribution >= 4 is 27.9 Å². The molecule has 0 radical (unpaired) electrons. The van der Waals surface area contributed by atoms with Crippen LogP contribution in [0.25, 0.3) is 0 Å². The first-order valence-electron chi connectivity index (χ1n) is 5.07. The van der Waals surface area contributed by atoms with E-state index in [2.05, 4.69) is 6.07 Å². The Kier molecular flexibility index (Phi) is 3.22. The molecule has 0 atom stereocenters. The average Bonchev–Trinajstić information content (AvgIpc) is 2.83. The van der Waals surface area contributed by atoms with Gasteiger partial charge in [-0.1, -0.05) is 0 Å². The smallest absolute Gasteiger partial charge is 0.229 e. The molecule has 17 heavy (non-hydrogen) atoms. The van der Waals surface area contributed by atoms with E-state index in [1.165, 1.54) is 18.3 Å². The van der Waals surface area contributed by atoms with Crippen LogP contribution >= 0.6 is 11.3 Å². The van der Waals surface area contributed by atoms with Crippen molar-refractivity contribution in [3.8, 4) is 6.07 Å². The van der Waals surface area contributed by atoms with Gasteiger partial charge in [0.2, 0.25) is 5.91 Å². The summed E-state index contributed by atoms with van der Waals surface area (Å²) in [6, 6.07) is 12.8. The maximum Gasteiger partial charge on any atom is 0.229 e. The van der Waals surface area contributed by atoms with Gasteiger partial charge in [-0.3, -0.25) is 9.69 Å². The van der Waals surface area contributed by atoms with Crippen molar-refractivity contribution in [2.24, 2.45) is 0 Å². The SMILES string of the molecule is CC(=O)N(c1ccc(C#N)cc1)c1cccs1. The molecule has 2 rings (SSSR count). The summed E-state index contributed by atoms with van der Waals surface area (Å²) in [5.74, 6) is -0.0443. The first-order valence-corrected chi connectivity index (χ1v) is 5.94. The van der Waals surface area contributed by atoms with Crippen molar-refractivity contribution in [1.82, 2.24) is 0 Å². The molecule has 0 bridgehead atoms. The number of carbonyl (C=O) groups excluding carboxylic acids is 1. The van der Waals surface area contributed by atoms with E-state index in [0.717, 1.165) is 10.7 Å². The molecule has 0 fully saturated rings. The summed E-state index contributed by atoms with van der Waals surface area (Å²) in [4.78, 5) is 13.3. The van der Waals surface area contributed by atoms with E-state index in [0.29, 0.717) is 5.56 Å². The van der Waals surface area contributed by atoms with Crippen LogP contribution in [-0.4, -0.2) is 5.91 Å². The zero-order valence-corrected chi connectivity index (χ0v) is 10.1. The normalized spacial score (nSPS) is 9.65. The summed E-state index contributed by atoms with van der Waals surface area (Å²) in [6.45, 7) is 1.53. The minimum atomic E-state index is -0.0443. The number of thiophene rings is 1. The fourth-order valence-electron chi connectivity index (χ4n) is 1.55. The molecule has 0 N–H and O–H groups in total. The fourth-order valence-corrected chi connectivity index (χ4v) is 2.34. The number of benzene rings is 1. The molecule has 0 saturated heterocycles. The fraction of sp³-hybridized carbons (Fsp3) is 0.0769. The highest BCUT2D eigenvalue weighted by molar-refractivity contribution is 7.14. The monoisotopic (exact) mass is 242 g/mol. The maximum absolute atomic E-state index is 11.7. The minimum absolute atomic E-state index is 0.0443. The van der Waals surface area contributed by atoms with Crippen molar-refractivity contribution in [1.29, 1.82) is 5.26 Å². The third-order valence-corrected chi connectivity index (χ3v) is 3.15. The molecule has 0 saturated carbocycles. The Balaban J connectivity index is 2.40. The first-order chi connectivity index (χ1) is 8.22. The second-order valence-electron chi connectivity index (χ2n) is 3.46. The summed E-state index contributed by atoms with van der Waals surface area (Å²) in [5, 5.41) is 11.5. The molecule has 0 aliphatic rings. The van der Waals surface area contributed by atoms with Gasteiger partial charge < -0.3 is 0 Å². The van der Waals surface area contributed by atoms with Crippen LogP contribution in [0.5, 0.6) is 0 Å². The maximum atomic E-state index is 11.7. The zero-order valence-electron chi connectivity index (χ0n) is 9.25. The standard InChI is InChI=1S/C13H10N2OS/c1-10(16)15(13-3-2-8-17-13)12-6-4-11(9-14)5-7-12/h2-8H,1H3. The van der Waals surface area contributed by atoms with Crippen LogP contribution in [0.2, 0.25) is 0 Å². The van der Waals surface area contributed by atoms with Gasteiger partial charge in [0.1, 0.15) is 5.00 Å². The van der Waals surface area contributed by atoms with Crippen LogP contribution in [0.15, 0.2) is 41.8 Å². The highest BCUT2D eigenvalue weighted by Gasteiger charge is 2.14. The number of hydrogen-bond acceptors (Lipinski definition) is 3. The molecule has 0 unspecified atom stereocenters. The molecule has 0 aliphatic carbocycles. The van der Waals surface area contributed by atoms with Gasteiger partial charge in [0, 0.05) is 12.6 Å². The third-order valence-electron chi connectivity index (χ3n) is 2.30. The van der Waals surface area contributed by atoms with Crippen LogP contribution in [0.1, 0.15) is 12.5 Å². The van der Waals surface area contributed by atoms with Crippen LogP contribution in [0.3, 0.4) is 0 Å². The molecule has 84 valence electrons. The van der Waals surface area contributed by atoms with E-state index in [1.54, 1.807) is 29.2 Å². The highest BCUT2D eigenvalue weighted by Crippen LogP contribution is 2.29. The lowest BCUT2D eigenvalue weighted by atomic mass is 10.2. The van der Waals surface area contributed by atoms with E-state index >= 15 is 0 Å². The number of rotatable bonds is 2. The molecule has 0 aliphatic heterocycles. The Morgan fingerprint density at radius 3 is 2.47 bits per heavy atom. The van der Waals surface area contributed by atoms with Crippen molar-refractivity contribution < 1.29 is 4.79 Å². The molecular formula is C13H10N2OS. The molecule has 1 heterocycles. The number of nitrogens with zero attached hydrogens (tertiary/aromatic N) is 2. The van der Waals surface area contributed by atoms with Gasteiger partial charge in [0.05, 0.1) is 11.6 Å². The first kappa shape index (κ1) is 11.4. The number of hydrogen-bond donors (Lipinski definition) is 0. The predicted octanol–water partition coefficient (Wildman–Crippen LogP) is 3.30. The average molecular weight is 242 g/mol. The van der Waals surface area contributed by atoms with Crippen LogP contribution < -0.4 is 4.90 Å². The molecular weight excluding hydrogens is 232 g/mol. The van der Waals surface area contributed by atoms with E-state index < -0.39 is 0 Å². The molecule has 3 nitrogen and oxygen atoms in total. The largest absolute Gasteiger partial charge is 0.274 e. The molecule has 4 heteroatoms. The highest BCUT2D eigenvalue weighted by atomic mass is 32.1. The Morgan fingerprint density at radius 2 is 2.00 bits per heavy atom. The van der Waals surface area contributed by atoms with Crippen molar-refractivity contribution in [2.75, 3.05) is 4.90 Å². The summed E-state index contributed by atoms with van der Waals surface area (Å²) in [5.41, 5.74) is 1.36. The molecule has 2 aromatic rings. The summed E-state index contributed by atoms with van der Waals surface area (Å²) in [6.07, 6.45) is 0. The topological polar surface area (TPSA) is 44.1 Å². The second kappa shape index (κ2) is 4.81. The van der Waals surface area contributed by atoms with Crippen molar-refractivity contribution in [2.45, 2.75) is 6.92 Å². The van der Waals surface area contributed by atoms with Gasteiger partial charge in [-0.2, -0.15) is 5.26 Å². The van der Waals surface area contributed by atoms with Crippen LogP contribution in [-0.2, 0) is 4.79 Å². The van der Waals surface area contributed by atoms with Gasteiger partial charge in [0.25, 0.3) is 0 Å².